The van der Waals surface area contributed by atoms with Crippen LogP contribution >= 0.6 is 23.5 Å². The molecule has 2 aromatic carbocycles. The summed E-state index contributed by atoms with van der Waals surface area (Å²) < 4.78 is 16.4. The number of rotatable bonds is 6. The van der Waals surface area contributed by atoms with E-state index >= 15 is 0 Å². The molecule has 0 radical (unpaired) electrons. The van der Waals surface area contributed by atoms with Crippen LogP contribution in [0.1, 0.15) is 16.5 Å². The average Bonchev–Trinajstić information content (AvgIpc) is 3.51. The van der Waals surface area contributed by atoms with Crippen molar-refractivity contribution in [1.82, 2.24) is 24.6 Å². The zero-order chi connectivity index (χ0) is 23.5. The Morgan fingerprint density at radius 3 is 2.74 bits per heavy atom. The molecule has 2 aromatic heterocycles. The van der Waals surface area contributed by atoms with Gasteiger partial charge in [0.05, 0.1) is 11.4 Å². The molecule has 9 heteroatoms. The average molecular weight is 492 g/mol. The molecule has 5 rings (SSSR count). The van der Waals surface area contributed by atoms with Gasteiger partial charge in [0, 0.05) is 35.8 Å². The molecule has 1 unspecified atom stereocenters. The van der Waals surface area contributed by atoms with E-state index < -0.39 is 0 Å². The summed E-state index contributed by atoms with van der Waals surface area (Å²) >= 11 is 2.92. The maximum atomic E-state index is 14.4. The lowest BCUT2D eigenvalue weighted by Gasteiger charge is -2.24. The molecule has 0 bridgehead atoms. The summed E-state index contributed by atoms with van der Waals surface area (Å²) in [5.74, 6) is 1.29. The number of pyridine rings is 1. The first-order valence-electron chi connectivity index (χ1n) is 10.8. The molecule has 0 saturated carbocycles. The second-order valence-electron chi connectivity index (χ2n) is 7.79. The summed E-state index contributed by atoms with van der Waals surface area (Å²) in [6.07, 6.45) is 3.46. The van der Waals surface area contributed by atoms with Crippen LogP contribution in [0.2, 0.25) is 0 Å². The molecule has 1 aliphatic heterocycles. The van der Waals surface area contributed by atoms with Crippen LogP contribution in [-0.4, -0.2) is 48.6 Å². The van der Waals surface area contributed by atoms with Crippen molar-refractivity contribution < 1.29 is 9.18 Å². The molecule has 0 N–H and O–H groups in total. The summed E-state index contributed by atoms with van der Waals surface area (Å²) in [7, 11) is 0. The maximum absolute atomic E-state index is 14.4. The minimum atomic E-state index is -0.311. The Hall–Kier alpha value is -3.17. The van der Waals surface area contributed by atoms with Gasteiger partial charge in [0.15, 0.2) is 11.0 Å². The quantitative estimate of drug-likeness (QED) is 0.348. The normalized spacial score (nSPS) is 15.6. The third-order valence-electron chi connectivity index (χ3n) is 5.62. The minimum absolute atomic E-state index is 0.0504. The molecule has 3 heterocycles. The van der Waals surface area contributed by atoms with E-state index in [2.05, 4.69) is 15.2 Å². The predicted octanol–water partition coefficient (Wildman–Crippen LogP) is 5.14. The topological polar surface area (TPSA) is 63.9 Å². The van der Waals surface area contributed by atoms with Crippen molar-refractivity contribution in [3.8, 4) is 17.1 Å². The lowest BCUT2D eigenvalue weighted by Crippen LogP contribution is -2.32. The molecular weight excluding hydrogens is 469 g/mol. The third kappa shape index (κ3) is 4.45. The summed E-state index contributed by atoms with van der Waals surface area (Å²) in [6, 6.07) is 18.4. The monoisotopic (exact) mass is 491 g/mol. The Morgan fingerprint density at radius 2 is 1.94 bits per heavy atom. The Bertz CT molecular complexity index is 1310. The van der Waals surface area contributed by atoms with Crippen molar-refractivity contribution in [3.05, 3.63) is 90.0 Å². The first-order chi connectivity index (χ1) is 16.6. The van der Waals surface area contributed by atoms with E-state index in [-0.39, 0.29) is 22.9 Å². The van der Waals surface area contributed by atoms with Gasteiger partial charge in [-0.25, -0.2) is 4.39 Å². The Kier molecular flexibility index (Phi) is 6.64. The number of halogens is 1. The van der Waals surface area contributed by atoms with Crippen molar-refractivity contribution in [3.63, 3.8) is 0 Å². The highest BCUT2D eigenvalue weighted by Crippen LogP contribution is 2.39. The molecule has 4 aromatic rings. The van der Waals surface area contributed by atoms with E-state index in [9.17, 15) is 9.18 Å². The van der Waals surface area contributed by atoms with Gasteiger partial charge in [-0.05, 0) is 36.8 Å². The van der Waals surface area contributed by atoms with Crippen LogP contribution in [0.25, 0.3) is 17.1 Å². The van der Waals surface area contributed by atoms with Crippen LogP contribution in [0, 0.1) is 12.7 Å². The van der Waals surface area contributed by atoms with Crippen LogP contribution in [0.3, 0.4) is 0 Å². The fourth-order valence-electron chi connectivity index (χ4n) is 3.94. The third-order valence-corrected chi connectivity index (χ3v) is 7.77. The zero-order valence-electron chi connectivity index (χ0n) is 18.5. The number of carbonyl (C=O) groups excluding carboxylic acids is 1. The number of carbonyl (C=O) groups is 1. The van der Waals surface area contributed by atoms with E-state index in [1.165, 1.54) is 17.8 Å². The number of hydrogen-bond donors (Lipinski definition) is 0. The standard InChI is InChI=1S/C25H22FN5OS2/c1-17-7-2-5-11-21(17)31-23(18-8-6-12-27-15-18)28-29-25(31)34-16-22(32)30-13-14-33-24(30)19-9-3-4-10-20(19)26/h2-12,15,24H,13-14,16H2,1H3. The van der Waals surface area contributed by atoms with Gasteiger partial charge in [0.25, 0.3) is 0 Å². The first-order valence-corrected chi connectivity index (χ1v) is 12.9. The fourth-order valence-corrected chi connectivity index (χ4v) is 6.07. The van der Waals surface area contributed by atoms with Gasteiger partial charge in [0.1, 0.15) is 11.2 Å². The van der Waals surface area contributed by atoms with Crippen molar-refractivity contribution in [2.24, 2.45) is 0 Å². The molecule has 1 fully saturated rings. The molecule has 0 aliphatic carbocycles. The van der Waals surface area contributed by atoms with Crippen LogP contribution in [0.15, 0.2) is 78.2 Å². The molecule has 0 spiro atoms. The Labute approximate surface area is 205 Å². The van der Waals surface area contributed by atoms with Crippen LogP contribution in [0.5, 0.6) is 0 Å². The Morgan fingerprint density at radius 1 is 1.12 bits per heavy atom. The molecule has 1 aliphatic rings. The van der Waals surface area contributed by atoms with Gasteiger partial charge in [-0.1, -0.05) is 48.2 Å². The van der Waals surface area contributed by atoms with Crippen molar-refractivity contribution in [1.29, 1.82) is 0 Å². The van der Waals surface area contributed by atoms with Crippen molar-refractivity contribution in [2.75, 3.05) is 18.1 Å². The largest absolute Gasteiger partial charge is 0.325 e. The first kappa shape index (κ1) is 22.6. The second-order valence-corrected chi connectivity index (χ2v) is 9.92. The number of aryl methyl sites for hydroxylation is 1. The number of amides is 1. The van der Waals surface area contributed by atoms with Crippen molar-refractivity contribution >= 4 is 29.4 Å². The smallest absolute Gasteiger partial charge is 0.234 e. The molecular formula is C25H22FN5OS2. The number of thioether (sulfide) groups is 2. The van der Waals surface area contributed by atoms with Crippen molar-refractivity contribution in [2.45, 2.75) is 17.5 Å². The molecule has 1 saturated heterocycles. The van der Waals surface area contributed by atoms with Gasteiger partial charge in [-0.15, -0.1) is 22.0 Å². The lowest BCUT2D eigenvalue weighted by atomic mass is 10.2. The van der Waals surface area contributed by atoms with E-state index in [0.29, 0.717) is 23.1 Å². The van der Waals surface area contributed by atoms with E-state index in [1.54, 1.807) is 47.3 Å². The molecule has 1 amide bonds. The summed E-state index contributed by atoms with van der Waals surface area (Å²) in [6.45, 7) is 2.62. The fraction of sp³-hybridized carbons (Fsp3) is 0.200. The van der Waals surface area contributed by atoms with Crippen LogP contribution in [-0.2, 0) is 4.79 Å². The van der Waals surface area contributed by atoms with Gasteiger partial charge >= 0.3 is 0 Å². The second kappa shape index (κ2) is 9.99. The van der Waals surface area contributed by atoms with Gasteiger partial charge < -0.3 is 4.90 Å². The lowest BCUT2D eigenvalue weighted by molar-refractivity contribution is -0.128. The SMILES string of the molecule is Cc1ccccc1-n1c(SCC(=O)N2CCSC2c2ccccc2F)nnc1-c1cccnc1. The predicted molar refractivity (Wildman–Crippen MR) is 133 cm³/mol. The number of para-hydroxylation sites is 1. The minimum Gasteiger partial charge on any atom is -0.325 e. The zero-order valence-corrected chi connectivity index (χ0v) is 20.1. The van der Waals surface area contributed by atoms with Gasteiger partial charge in [-0.3, -0.25) is 14.3 Å². The summed E-state index contributed by atoms with van der Waals surface area (Å²) in [4.78, 5) is 19.2. The highest BCUT2D eigenvalue weighted by atomic mass is 32.2. The van der Waals surface area contributed by atoms with Gasteiger partial charge in [0.2, 0.25) is 5.91 Å². The molecule has 34 heavy (non-hydrogen) atoms. The van der Waals surface area contributed by atoms with Gasteiger partial charge in [-0.2, -0.15) is 0 Å². The maximum Gasteiger partial charge on any atom is 0.234 e. The van der Waals surface area contributed by atoms with E-state index in [0.717, 1.165) is 22.6 Å². The van der Waals surface area contributed by atoms with Crippen LogP contribution < -0.4 is 0 Å². The van der Waals surface area contributed by atoms with E-state index in [4.69, 9.17) is 0 Å². The highest BCUT2D eigenvalue weighted by Gasteiger charge is 2.32. The molecule has 6 nitrogen and oxygen atoms in total. The summed E-state index contributed by atoms with van der Waals surface area (Å²) in [5.41, 5.74) is 3.40. The number of benzene rings is 2. The van der Waals surface area contributed by atoms with E-state index in [1.807, 2.05) is 47.9 Å². The number of aromatic nitrogens is 4. The summed E-state index contributed by atoms with van der Waals surface area (Å²) in [5, 5.41) is 9.15. The number of nitrogens with zero attached hydrogens (tertiary/aromatic N) is 5. The number of hydrogen-bond acceptors (Lipinski definition) is 6. The molecule has 172 valence electrons. The molecule has 1 atom stereocenters. The Balaban J connectivity index is 1.42. The van der Waals surface area contributed by atoms with Crippen LogP contribution in [0.4, 0.5) is 4.39 Å². The highest BCUT2D eigenvalue weighted by molar-refractivity contribution is 8.00.